The summed E-state index contributed by atoms with van der Waals surface area (Å²) in [6.45, 7) is 3.35. The van der Waals surface area contributed by atoms with Gasteiger partial charge in [-0.05, 0) is 6.42 Å². The number of aryl methyl sites for hydroxylation is 1. The van der Waals surface area contributed by atoms with Crippen molar-refractivity contribution >= 4 is 22.8 Å². The number of nitrogens with zero attached hydrogens (tertiary/aromatic N) is 4. The van der Waals surface area contributed by atoms with Gasteiger partial charge in [-0.1, -0.05) is 6.92 Å². The van der Waals surface area contributed by atoms with Crippen molar-refractivity contribution in [2.75, 3.05) is 12.4 Å². The third-order valence-corrected chi connectivity index (χ3v) is 4.05. The zero-order chi connectivity index (χ0) is 15.6. The van der Waals surface area contributed by atoms with E-state index < -0.39 is 0 Å². The van der Waals surface area contributed by atoms with Gasteiger partial charge in [0.05, 0.1) is 6.33 Å². The highest BCUT2D eigenvalue weighted by Gasteiger charge is 2.14. The Bertz CT molecular complexity index is 741. The largest absolute Gasteiger partial charge is 0.332 e. The van der Waals surface area contributed by atoms with E-state index >= 15 is 0 Å². The van der Waals surface area contributed by atoms with Crippen LogP contribution in [0.25, 0.3) is 11.2 Å². The molecule has 0 aliphatic carbocycles. The molecule has 2 aromatic rings. The molecule has 21 heavy (non-hydrogen) atoms. The second kappa shape index (κ2) is 6.44. The van der Waals surface area contributed by atoms with E-state index in [4.69, 9.17) is 11.6 Å². The molecule has 0 spiro atoms. The Morgan fingerprint density at radius 2 is 2.05 bits per heavy atom. The molecule has 2 rings (SSSR count). The van der Waals surface area contributed by atoms with Crippen molar-refractivity contribution in [1.82, 2.24) is 24.0 Å². The summed E-state index contributed by atoms with van der Waals surface area (Å²) >= 11 is 5.83. The summed E-state index contributed by atoms with van der Waals surface area (Å²) < 4.78 is 4.25. The number of aromatic nitrogens is 4. The van der Waals surface area contributed by atoms with Crippen LogP contribution in [0.15, 0.2) is 15.9 Å². The molecule has 0 aromatic carbocycles. The van der Waals surface area contributed by atoms with Crippen LogP contribution in [0.3, 0.4) is 0 Å². The standard InChI is InChI=1S/C13H20ClN5O2/c1-4-9(7-14)15-5-6-19-8-16-11-10(19)12(20)18(3)13(21)17(11)2/h8-9,15H,4-7H2,1-3H3/t9-/m1/s1. The van der Waals surface area contributed by atoms with Crippen LogP contribution in [-0.4, -0.2) is 37.2 Å². The molecule has 2 aromatic heterocycles. The van der Waals surface area contributed by atoms with Crippen molar-refractivity contribution in [3.63, 3.8) is 0 Å². The molecule has 116 valence electrons. The van der Waals surface area contributed by atoms with E-state index in [2.05, 4.69) is 17.2 Å². The number of halogens is 1. The predicted molar refractivity (Wildman–Crippen MR) is 83.0 cm³/mol. The van der Waals surface area contributed by atoms with Crippen molar-refractivity contribution in [2.24, 2.45) is 14.1 Å². The van der Waals surface area contributed by atoms with Crippen LogP contribution in [0.1, 0.15) is 13.3 Å². The smallest absolute Gasteiger partial charge is 0.323 e. The van der Waals surface area contributed by atoms with Gasteiger partial charge < -0.3 is 9.88 Å². The second-order valence-electron chi connectivity index (χ2n) is 5.03. The van der Waals surface area contributed by atoms with Crippen molar-refractivity contribution in [3.8, 4) is 0 Å². The first-order valence-corrected chi connectivity index (χ1v) is 7.44. The summed E-state index contributed by atoms with van der Waals surface area (Å²) in [4.78, 5) is 28.3. The van der Waals surface area contributed by atoms with Gasteiger partial charge in [-0.2, -0.15) is 0 Å². The molecule has 0 bridgehead atoms. The van der Waals surface area contributed by atoms with Crippen molar-refractivity contribution < 1.29 is 0 Å². The van der Waals surface area contributed by atoms with Crippen molar-refractivity contribution in [1.29, 1.82) is 0 Å². The summed E-state index contributed by atoms with van der Waals surface area (Å²) in [5, 5.41) is 3.32. The number of rotatable bonds is 6. The molecule has 2 heterocycles. The molecule has 0 aliphatic rings. The van der Waals surface area contributed by atoms with E-state index in [-0.39, 0.29) is 17.3 Å². The molecule has 0 fully saturated rings. The monoisotopic (exact) mass is 313 g/mol. The lowest BCUT2D eigenvalue weighted by molar-refractivity contribution is 0.511. The fourth-order valence-electron chi connectivity index (χ4n) is 2.26. The minimum absolute atomic E-state index is 0.258. The van der Waals surface area contributed by atoms with E-state index in [1.54, 1.807) is 17.9 Å². The molecule has 0 saturated heterocycles. The fraction of sp³-hybridized carbons (Fsp3) is 0.615. The Hall–Kier alpha value is -1.60. The molecule has 0 amide bonds. The quantitative estimate of drug-likeness (QED) is 0.764. The zero-order valence-electron chi connectivity index (χ0n) is 12.5. The average molecular weight is 314 g/mol. The lowest BCUT2D eigenvalue weighted by Crippen LogP contribution is -2.38. The minimum atomic E-state index is -0.371. The highest BCUT2D eigenvalue weighted by Crippen LogP contribution is 2.05. The highest BCUT2D eigenvalue weighted by atomic mass is 35.5. The van der Waals surface area contributed by atoms with Gasteiger partial charge in [0.15, 0.2) is 11.2 Å². The van der Waals surface area contributed by atoms with E-state index in [1.807, 2.05) is 0 Å². The van der Waals surface area contributed by atoms with Gasteiger partial charge in [0.25, 0.3) is 5.56 Å². The van der Waals surface area contributed by atoms with Crippen molar-refractivity contribution in [3.05, 3.63) is 27.2 Å². The maximum atomic E-state index is 12.2. The number of hydrogen-bond acceptors (Lipinski definition) is 4. The first-order chi connectivity index (χ1) is 10.0. The molecule has 1 N–H and O–H groups in total. The molecular weight excluding hydrogens is 294 g/mol. The lowest BCUT2D eigenvalue weighted by Gasteiger charge is -2.14. The normalized spacial score (nSPS) is 13.0. The molecule has 0 unspecified atom stereocenters. The molecule has 1 atom stereocenters. The van der Waals surface area contributed by atoms with E-state index in [1.165, 1.54) is 11.6 Å². The lowest BCUT2D eigenvalue weighted by atomic mass is 10.2. The molecule has 8 heteroatoms. The first-order valence-electron chi connectivity index (χ1n) is 6.91. The molecule has 0 saturated carbocycles. The van der Waals surface area contributed by atoms with Gasteiger partial charge in [0.2, 0.25) is 0 Å². The van der Waals surface area contributed by atoms with Gasteiger partial charge in [0, 0.05) is 39.1 Å². The maximum absolute atomic E-state index is 12.2. The third-order valence-electron chi connectivity index (χ3n) is 3.68. The Labute approximate surface area is 127 Å². The topological polar surface area (TPSA) is 73.8 Å². The number of fused-ring (bicyclic) bond motifs is 1. The summed E-state index contributed by atoms with van der Waals surface area (Å²) in [5.74, 6) is 0.553. The summed E-state index contributed by atoms with van der Waals surface area (Å²) in [7, 11) is 3.08. The van der Waals surface area contributed by atoms with Crippen LogP contribution in [0.2, 0.25) is 0 Å². The van der Waals surface area contributed by atoms with E-state index in [0.29, 0.717) is 30.1 Å². The Morgan fingerprint density at radius 1 is 1.33 bits per heavy atom. The van der Waals surface area contributed by atoms with Gasteiger partial charge in [-0.3, -0.25) is 13.9 Å². The first kappa shape index (κ1) is 15.8. The van der Waals surface area contributed by atoms with Crippen LogP contribution in [0.4, 0.5) is 0 Å². The summed E-state index contributed by atoms with van der Waals surface area (Å²) in [6, 6.07) is 0.258. The van der Waals surface area contributed by atoms with Gasteiger partial charge in [0.1, 0.15) is 0 Å². The summed E-state index contributed by atoms with van der Waals surface area (Å²) in [5.41, 5.74) is 0.159. The molecule has 0 radical (unpaired) electrons. The molecule has 7 nitrogen and oxygen atoms in total. The third kappa shape index (κ3) is 2.89. The molecule has 0 aliphatic heterocycles. The van der Waals surface area contributed by atoms with Crippen LogP contribution in [0, 0.1) is 0 Å². The van der Waals surface area contributed by atoms with Gasteiger partial charge in [-0.25, -0.2) is 9.78 Å². The minimum Gasteiger partial charge on any atom is -0.323 e. The fourth-order valence-corrected chi connectivity index (χ4v) is 2.59. The summed E-state index contributed by atoms with van der Waals surface area (Å²) in [6.07, 6.45) is 2.54. The highest BCUT2D eigenvalue weighted by molar-refractivity contribution is 6.18. The SMILES string of the molecule is CC[C@H](CCl)NCCn1cnc2c1c(=O)n(C)c(=O)n2C. The second-order valence-corrected chi connectivity index (χ2v) is 5.34. The maximum Gasteiger partial charge on any atom is 0.332 e. The number of imidazole rings is 1. The predicted octanol–water partition coefficient (Wildman–Crippen LogP) is 0.0407. The Balaban J connectivity index is 2.31. The zero-order valence-corrected chi connectivity index (χ0v) is 13.2. The Morgan fingerprint density at radius 3 is 2.67 bits per heavy atom. The number of nitrogens with one attached hydrogen (secondary N) is 1. The van der Waals surface area contributed by atoms with Crippen LogP contribution in [0.5, 0.6) is 0 Å². The molecular formula is C13H20ClN5O2. The van der Waals surface area contributed by atoms with Crippen LogP contribution >= 0.6 is 11.6 Å². The van der Waals surface area contributed by atoms with Crippen LogP contribution < -0.4 is 16.6 Å². The van der Waals surface area contributed by atoms with Gasteiger partial charge >= 0.3 is 5.69 Å². The van der Waals surface area contributed by atoms with E-state index in [0.717, 1.165) is 11.0 Å². The van der Waals surface area contributed by atoms with E-state index in [9.17, 15) is 9.59 Å². The van der Waals surface area contributed by atoms with Crippen LogP contribution in [-0.2, 0) is 20.6 Å². The average Bonchev–Trinajstić information content (AvgIpc) is 2.91. The van der Waals surface area contributed by atoms with Crippen molar-refractivity contribution in [2.45, 2.75) is 25.9 Å². The Kier molecular flexibility index (Phi) is 4.84. The number of alkyl halides is 1. The number of hydrogen-bond donors (Lipinski definition) is 1. The van der Waals surface area contributed by atoms with Gasteiger partial charge in [-0.15, -0.1) is 11.6 Å².